The summed E-state index contributed by atoms with van der Waals surface area (Å²) in [5.41, 5.74) is 0.547. The Kier molecular flexibility index (Phi) is 3.16. The Morgan fingerprint density at radius 2 is 2.16 bits per heavy atom. The molecule has 100 valence electrons. The van der Waals surface area contributed by atoms with Crippen LogP contribution in [0.4, 0.5) is 0 Å². The van der Waals surface area contributed by atoms with E-state index < -0.39 is 5.97 Å². The number of hydrogen-bond donors (Lipinski definition) is 3. The van der Waals surface area contributed by atoms with E-state index in [0.717, 1.165) is 0 Å². The van der Waals surface area contributed by atoms with Crippen molar-refractivity contribution in [2.45, 2.75) is 13.5 Å². The highest BCUT2D eigenvalue weighted by Gasteiger charge is 2.14. The molecule has 0 amide bonds. The molecule has 0 aliphatic carbocycles. The number of fused-ring (bicyclic) bond motifs is 1. The second-order valence-electron chi connectivity index (χ2n) is 4.05. The fourth-order valence-corrected chi connectivity index (χ4v) is 2.02. The number of hydrogen-bond acceptors (Lipinski definition) is 4. The number of rotatable bonds is 3. The van der Waals surface area contributed by atoms with Crippen molar-refractivity contribution in [3.63, 3.8) is 0 Å². The molecule has 2 rings (SSSR count). The lowest BCUT2D eigenvalue weighted by Crippen LogP contribution is -2.18. The van der Waals surface area contributed by atoms with Crippen LogP contribution in [0.25, 0.3) is 10.9 Å². The van der Waals surface area contributed by atoms with Gasteiger partial charge in [-0.1, -0.05) is 0 Å². The van der Waals surface area contributed by atoms with Crippen molar-refractivity contribution < 1.29 is 19.7 Å². The molecule has 0 bridgehead atoms. The molecule has 6 heteroatoms. The summed E-state index contributed by atoms with van der Waals surface area (Å²) in [6, 6.07) is 2.95. The summed E-state index contributed by atoms with van der Waals surface area (Å²) >= 11 is 0. The molecule has 19 heavy (non-hydrogen) atoms. The Morgan fingerprint density at radius 3 is 2.68 bits per heavy atom. The normalized spacial score (nSPS) is 10.6. The van der Waals surface area contributed by atoms with Crippen LogP contribution < -0.4 is 10.1 Å². The van der Waals surface area contributed by atoms with Crippen molar-refractivity contribution in [1.82, 2.24) is 4.57 Å². The zero-order valence-electron chi connectivity index (χ0n) is 10.6. The van der Waals surface area contributed by atoms with Gasteiger partial charge in [0.05, 0.1) is 18.0 Å². The molecule has 1 aromatic carbocycles. The molecule has 0 atom stereocenters. The molecule has 0 fully saturated rings. The van der Waals surface area contributed by atoms with Crippen LogP contribution in [0.5, 0.6) is 11.5 Å². The first kappa shape index (κ1) is 12.9. The highest BCUT2D eigenvalue weighted by molar-refractivity contribution is 5.93. The van der Waals surface area contributed by atoms with Crippen LogP contribution >= 0.6 is 0 Å². The van der Waals surface area contributed by atoms with Crippen LogP contribution in [0.15, 0.2) is 18.3 Å². The van der Waals surface area contributed by atoms with Crippen LogP contribution in [0.1, 0.15) is 17.3 Å². The summed E-state index contributed by atoms with van der Waals surface area (Å²) in [7, 11) is 1.43. The number of methoxy groups -OCH3 is 1. The third-order valence-electron chi connectivity index (χ3n) is 3.00. The number of phenolic OH excluding ortho intramolecular Hbond substituents is 1. The maximum atomic E-state index is 11.1. The quantitative estimate of drug-likeness (QED) is 0.782. The lowest BCUT2D eigenvalue weighted by molar-refractivity contribution is 0.0694. The number of benzene rings is 1. The van der Waals surface area contributed by atoms with Crippen LogP contribution in [0, 0.1) is 5.41 Å². The van der Waals surface area contributed by atoms with Gasteiger partial charge in [0.2, 0.25) is 0 Å². The van der Waals surface area contributed by atoms with Crippen molar-refractivity contribution in [3.8, 4) is 11.5 Å². The lowest BCUT2D eigenvalue weighted by atomic mass is 10.1. The third kappa shape index (κ3) is 2.01. The molecule has 3 N–H and O–H groups in total. The van der Waals surface area contributed by atoms with E-state index in [-0.39, 0.29) is 22.4 Å². The van der Waals surface area contributed by atoms with E-state index in [2.05, 4.69) is 0 Å². The average Bonchev–Trinajstić information content (AvgIpc) is 2.38. The summed E-state index contributed by atoms with van der Waals surface area (Å²) in [5, 5.41) is 27.0. The fraction of sp³-hybridized carbons (Fsp3) is 0.231. The van der Waals surface area contributed by atoms with E-state index in [9.17, 15) is 9.90 Å². The first-order valence-corrected chi connectivity index (χ1v) is 5.71. The van der Waals surface area contributed by atoms with Gasteiger partial charge < -0.3 is 19.5 Å². The van der Waals surface area contributed by atoms with Crippen molar-refractivity contribution in [3.05, 3.63) is 29.3 Å². The summed E-state index contributed by atoms with van der Waals surface area (Å²) < 4.78 is 6.74. The lowest BCUT2D eigenvalue weighted by Gasteiger charge is -2.13. The van der Waals surface area contributed by atoms with Gasteiger partial charge in [0.1, 0.15) is 5.56 Å². The van der Waals surface area contributed by atoms with Crippen molar-refractivity contribution >= 4 is 16.9 Å². The molecule has 1 heterocycles. The first-order valence-electron chi connectivity index (χ1n) is 5.71. The van der Waals surface area contributed by atoms with Crippen molar-refractivity contribution in [1.29, 1.82) is 5.41 Å². The summed E-state index contributed by atoms with van der Waals surface area (Å²) in [6.07, 6.45) is 1.42. The summed E-state index contributed by atoms with van der Waals surface area (Å²) in [5.74, 6) is -0.990. The Labute approximate surface area is 109 Å². The minimum atomic E-state index is -1.16. The van der Waals surface area contributed by atoms with Gasteiger partial charge in [0, 0.05) is 24.2 Å². The Balaban J connectivity index is 2.95. The average molecular weight is 262 g/mol. The number of phenols is 1. The zero-order valence-corrected chi connectivity index (χ0v) is 10.6. The molecular weight excluding hydrogens is 248 g/mol. The second kappa shape index (κ2) is 4.64. The number of ether oxygens (including phenoxy) is 1. The van der Waals surface area contributed by atoms with Gasteiger partial charge in [0.25, 0.3) is 0 Å². The van der Waals surface area contributed by atoms with Crippen molar-refractivity contribution in [2.75, 3.05) is 7.11 Å². The number of carbonyl (C=O) groups is 1. The minimum absolute atomic E-state index is 0.0982. The molecule has 0 saturated carbocycles. The van der Waals surface area contributed by atoms with E-state index in [1.54, 1.807) is 10.6 Å². The number of carboxylic acid groups (broad SMARTS) is 1. The second-order valence-corrected chi connectivity index (χ2v) is 4.05. The van der Waals surface area contributed by atoms with Crippen LogP contribution in [0.3, 0.4) is 0 Å². The van der Waals surface area contributed by atoms with Gasteiger partial charge in [-0.3, -0.25) is 5.41 Å². The maximum absolute atomic E-state index is 11.1. The Bertz CT molecular complexity index is 719. The van der Waals surface area contributed by atoms with Gasteiger partial charge in [-0.05, 0) is 13.0 Å². The molecular formula is C13H14N2O4. The molecule has 0 saturated heterocycles. The van der Waals surface area contributed by atoms with E-state index in [0.29, 0.717) is 17.4 Å². The van der Waals surface area contributed by atoms with Crippen LogP contribution in [-0.4, -0.2) is 27.9 Å². The summed E-state index contributed by atoms with van der Waals surface area (Å²) in [6.45, 7) is 2.42. The number of aromatic nitrogens is 1. The van der Waals surface area contributed by atoms with Crippen LogP contribution in [0.2, 0.25) is 0 Å². The molecule has 1 aromatic heterocycles. The largest absolute Gasteiger partial charge is 0.504 e. The Morgan fingerprint density at radius 1 is 1.47 bits per heavy atom. The smallest absolute Gasteiger partial charge is 0.339 e. The highest BCUT2D eigenvalue weighted by atomic mass is 16.5. The topological polar surface area (TPSA) is 95.5 Å². The van der Waals surface area contributed by atoms with Gasteiger partial charge in [-0.15, -0.1) is 0 Å². The predicted octanol–water partition coefficient (Wildman–Crippen LogP) is 1.55. The Hall–Kier alpha value is -2.50. The summed E-state index contributed by atoms with van der Waals surface area (Å²) in [4.78, 5) is 11.1. The molecule has 0 unspecified atom stereocenters. The zero-order chi connectivity index (χ0) is 14.2. The van der Waals surface area contributed by atoms with Crippen LogP contribution in [-0.2, 0) is 6.54 Å². The highest BCUT2D eigenvalue weighted by Crippen LogP contribution is 2.30. The van der Waals surface area contributed by atoms with E-state index in [1.807, 2.05) is 6.92 Å². The number of aromatic carboxylic acids is 1. The molecule has 2 aromatic rings. The molecule has 6 nitrogen and oxygen atoms in total. The minimum Gasteiger partial charge on any atom is -0.504 e. The van der Waals surface area contributed by atoms with Gasteiger partial charge >= 0.3 is 5.97 Å². The number of pyridine rings is 1. The van der Waals surface area contributed by atoms with Crippen molar-refractivity contribution in [2.24, 2.45) is 0 Å². The number of aromatic hydroxyl groups is 1. The molecule has 0 aliphatic rings. The molecule has 0 spiro atoms. The number of carboxylic acids is 1. The van der Waals surface area contributed by atoms with E-state index >= 15 is 0 Å². The molecule has 0 aliphatic heterocycles. The van der Waals surface area contributed by atoms with Gasteiger partial charge in [-0.25, -0.2) is 4.79 Å². The van der Waals surface area contributed by atoms with Gasteiger partial charge in [-0.2, -0.15) is 0 Å². The number of aryl methyl sites for hydroxylation is 1. The van der Waals surface area contributed by atoms with E-state index in [4.69, 9.17) is 15.3 Å². The monoisotopic (exact) mass is 262 g/mol. The van der Waals surface area contributed by atoms with E-state index in [1.165, 1.54) is 19.4 Å². The predicted molar refractivity (Wildman–Crippen MR) is 68.6 cm³/mol. The maximum Gasteiger partial charge on any atom is 0.339 e. The SMILES string of the molecule is CCn1cc(C(=O)O)c(=N)c2cc(O)c(OC)cc21. The standard InChI is InChI=1S/C13H14N2O4/c1-3-15-6-8(13(17)18)12(14)7-4-10(16)11(19-2)5-9(7)15/h4-6,14,16H,3H2,1-2H3,(H,17,18). The molecule has 0 radical (unpaired) electrons. The number of nitrogens with zero attached hydrogens (tertiary/aromatic N) is 1. The first-order chi connectivity index (χ1) is 8.99. The number of nitrogens with one attached hydrogen (secondary N) is 1. The fourth-order valence-electron chi connectivity index (χ4n) is 2.02. The third-order valence-corrected chi connectivity index (χ3v) is 3.00. The van der Waals surface area contributed by atoms with Gasteiger partial charge in [0.15, 0.2) is 11.5 Å².